The van der Waals surface area contributed by atoms with Crippen molar-refractivity contribution in [3.63, 3.8) is 0 Å². The van der Waals surface area contributed by atoms with Gasteiger partial charge < -0.3 is 4.57 Å². The predicted molar refractivity (Wildman–Crippen MR) is 236 cm³/mol. The molecular formula is C53H33N3. The molecule has 0 amide bonds. The maximum absolute atomic E-state index is 5.51. The van der Waals surface area contributed by atoms with E-state index < -0.39 is 0 Å². The molecule has 0 fully saturated rings. The second kappa shape index (κ2) is 12.0. The fraction of sp³-hybridized carbons (Fsp3) is 0. The molecule has 0 saturated heterocycles. The first-order chi connectivity index (χ1) is 27.8. The molecule has 12 aromatic rings. The van der Waals surface area contributed by atoms with Crippen LogP contribution in [0.25, 0.3) is 110 Å². The number of benzene rings is 9. The Morgan fingerprint density at radius 2 is 0.732 bits per heavy atom. The van der Waals surface area contributed by atoms with Crippen LogP contribution in [0.1, 0.15) is 0 Å². The van der Waals surface area contributed by atoms with E-state index in [0.29, 0.717) is 0 Å². The third-order valence-electron chi connectivity index (χ3n) is 11.6. The summed E-state index contributed by atoms with van der Waals surface area (Å²) in [6.45, 7) is 0. The van der Waals surface area contributed by atoms with Crippen LogP contribution in [-0.4, -0.2) is 14.1 Å². The van der Waals surface area contributed by atoms with Gasteiger partial charge in [0.05, 0.1) is 27.8 Å². The van der Waals surface area contributed by atoms with Crippen molar-refractivity contribution in [1.82, 2.24) is 14.1 Å². The van der Waals surface area contributed by atoms with Crippen LogP contribution in [0, 0.1) is 0 Å². The monoisotopic (exact) mass is 711 g/mol. The van der Waals surface area contributed by atoms with Crippen LogP contribution in [0.15, 0.2) is 200 Å². The fourth-order valence-electron chi connectivity index (χ4n) is 9.37. The number of aromatic nitrogens is 3. The summed E-state index contributed by atoms with van der Waals surface area (Å²) >= 11 is 0. The lowest BCUT2D eigenvalue weighted by molar-refractivity contribution is 1.09. The number of fused-ring (bicyclic) bond motifs is 15. The van der Waals surface area contributed by atoms with Crippen LogP contribution in [0.4, 0.5) is 0 Å². The highest BCUT2D eigenvalue weighted by molar-refractivity contribution is 6.45. The molecule has 3 nitrogen and oxygen atoms in total. The van der Waals surface area contributed by atoms with Gasteiger partial charge in [0.25, 0.3) is 0 Å². The van der Waals surface area contributed by atoms with E-state index in [1.54, 1.807) is 0 Å². The van der Waals surface area contributed by atoms with Crippen molar-refractivity contribution >= 4 is 75.9 Å². The molecule has 3 heterocycles. The van der Waals surface area contributed by atoms with Gasteiger partial charge in [0.1, 0.15) is 5.82 Å². The average molecular weight is 712 g/mol. The lowest BCUT2D eigenvalue weighted by atomic mass is 9.89. The predicted octanol–water partition coefficient (Wildman–Crippen LogP) is 14.1. The average Bonchev–Trinajstić information content (AvgIpc) is 3.81. The molecule has 3 aromatic heterocycles. The van der Waals surface area contributed by atoms with E-state index in [-0.39, 0.29) is 0 Å². The van der Waals surface area contributed by atoms with Gasteiger partial charge in [-0.15, -0.1) is 0 Å². The van der Waals surface area contributed by atoms with Crippen molar-refractivity contribution in [3.05, 3.63) is 200 Å². The van der Waals surface area contributed by atoms with Gasteiger partial charge in [-0.25, -0.2) is 4.98 Å². The van der Waals surface area contributed by atoms with Crippen LogP contribution in [0.3, 0.4) is 0 Å². The van der Waals surface area contributed by atoms with Gasteiger partial charge in [0.15, 0.2) is 0 Å². The van der Waals surface area contributed by atoms with E-state index in [0.717, 1.165) is 39.4 Å². The van der Waals surface area contributed by atoms with Crippen molar-refractivity contribution < 1.29 is 0 Å². The Labute approximate surface area is 322 Å². The number of hydrogen-bond acceptors (Lipinski definition) is 1. The zero-order valence-electron chi connectivity index (χ0n) is 30.4. The zero-order chi connectivity index (χ0) is 36.7. The Hall–Kier alpha value is -7.49. The van der Waals surface area contributed by atoms with Crippen molar-refractivity contribution in [2.45, 2.75) is 0 Å². The second-order valence-electron chi connectivity index (χ2n) is 14.7. The fourth-order valence-corrected chi connectivity index (χ4v) is 9.37. The molecular weight excluding hydrogens is 679 g/mol. The molecule has 56 heavy (non-hydrogen) atoms. The van der Waals surface area contributed by atoms with E-state index >= 15 is 0 Å². The Balaban J connectivity index is 1.33. The molecule has 0 spiro atoms. The third kappa shape index (κ3) is 4.37. The van der Waals surface area contributed by atoms with E-state index in [9.17, 15) is 0 Å². The Kier molecular flexibility index (Phi) is 6.63. The molecule has 260 valence electrons. The maximum Gasteiger partial charge on any atom is 0.138 e. The Morgan fingerprint density at radius 3 is 1.30 bits per heavy atom. The van der Waals surface area contributed by atoms with Gasteiger partial charge in [0, 0.05) is 54.3 Å². The van der Waals surface area contributed by atoms with Crippen molar-refractivity contribution in [1.29, 1.82) is 0 Å². The highest BCUT2D eigenvalue weighted by atomic mass is 15.1. The number of nitrogens with zero attached hydrogens (tertiary/aromatic N) is 3. The summed E-state index contributed by atoms with van der Waals surface area (Å²) in [6, 6.07) is 72.4. The summed E-state index contributed by atoms with van der Waals surface area (Å²) in [4.78, 5) is 5.51. The zero-order valence-corrected chi connectivity index (χ0v) is 30.4. The molecule has 0 aliphatic rings. The minimum absolute atomic E-state index is 0.895. The van der Waals surface area contributed by atoms with Crippen LogP contribution >= 0.6 is 0 Å². The third-order valence-corrected chi connectivity index (χ3v) is 11.6. The van der Waals surface area contributed by atoms with Gasteiger partial charge in [-0.05, 0) is 58.3 Å². The van der Waals surface area contributed by atoms with E-state index in [1.807, 2.05) is 0 Å². The molecule has 0 N–H and O–H groups in total. The van der Waals surface area contributed by atoms with Gasteiger partial charge >= 0.3 is 0 Å². The van der Waals surface area contributed by atoms with Crippen LogP contribution in [0.2, 0.25) is 0 Å². The van der Waals surface area contributed by atoms with Gasteiger partial charge in [-0.2, -0.15) is 0 Å². The van der Waals surface area contributed by atoms with E-state index in [2.05, 4.69) is 209 Å². The minimum Gasteiger partial charge on any atom is -0.309 e. The van der Waals surface area contributed by atoms with Crippen molar-refractivity contribution in [2.75, 3.05) is 0 Å². The van der Waals surface area contributed by atoms with E-state index in [4.69, 9.17) is 4.98 Å². The molecule has 0 bridgehead atoms. The van der Waals surface area contributed by atoms with E-state index in [1.165, 1.54) is 70.4 Å². The first-order valence-corrected chi connectivity index (χ1v) is 19.2. The molecule has 0 saturated carbocycles. The minimum atomic E-state index is 0.895. The molecule has 0 aliphatic carbocycles. The lowest BCUT2D eigenvalue weighted by Gasteiger charge is -2.17. The summed E-state index contributed by atoms with van der Waals surface area (Å²) in [7, 11) is 0. The molecule has 0 unspecified atom stereocenters. The molecule has 0 aliphatic heterocycles. The smallest absolute Gasteiger partial charge is 0.138 e. The first-order valence-electron chi connectivity index (χ1n) is 19.2. The summed E-state index contributed by atoms with van der Waals surface area (Å²) in [5, 5.41) is 12.5. The molecule has 0 atom stereocenters. The molecule has 0 radical (unpaired) electrons. The SMILES string of the molecule is c1ccc(-c2cc(-c3ccccc3)nc(-n3c4ccccc4c4c5c6ccccc6c6c(c7ccccc7n6-c6ccccc6)c5c5ccccc5c43)c2)cc1. The highest BCUT2D eigenvalue weighted by Crippen LogP contribution is 2.50. The highest BCUT2D eigenvalue weighted by Gasteiger charge is 2.26. The van der Waals surface area contributed by atoms with Gasteiger partial charge in [-0.1, -0.05) is 164 Å². The molecule has 9 aromatic carbocycles. The summed E-state index contributed by atoms with van der Waals surface area (Å²) < 4.78 is 4.90. The standard InChI is InChI=1S/C53H33N3/c1-4-18-34(19-5-1)36-32-44(35-20-6-2-7-21-35)54-47(33-36)56-46-31-17-15-29-43(46)51-49-38-24-10-12-26-40(38)52-50(48(49)39-25-11-13-27-41(39)53(51)56)42-28-14-16-30-45(42)55(52)37-22-8-3-9-23-37/h1-33H. The summed E-state index contributed by atoms with van der Waals surface area (Å²) in [6.07, 6.45) is 0. The molecule has 3 heteroatoms. The normalized spacial score (nSPS) is 11.9. The quantitative estimate of drug-likeness (QED) is 0.167. The topological polar surface area (TPSA) is 22.8 Å². The Bertz CT molecular complexity index is 3450. The summed E-state index contributed by atoms with van der Waals surface area (Å²) in [5.41, 5.74) is 10.2. The van der Waals surface area contributed by atoms with Crippen LogP contribution in [0.5, 0.6) is 0 Å². The summed E-state index contributed by atoms with van der Waals surface area (Å²) in [5.74, 6) is 0.895. The molecule has 12 rings (SSSR count). The van der Waals surface area contributed by atoms with Crippen LogP contribution < -0.4 is 0 Å². The van der Waals surface area contributed by atoms with Gasteiger partial charge in [-0.3, -0.25) is 4.57 Å². The Morgan fingerprint density at radius 1 is 0.304 bits per heavy atom. The number of hydrogen-bond donors (Lipinski definition) is 0. The number of para-hydroxylation sites is 3. The number of pyridine rings is 1. The second-order valence-corrected chi connectivity index (χ2v) is 14.7. The first kappa shape index (κ1) is 30.9. The number of rotatable bonds is 4. The van der Waals surface area contributed by atoms with Crippen LogP contribution in [-0.2, 0) is 0 Å². The lowest BCUT2D eigenvalue weighted by Crippen LogP contribution is -2.01. The van der Waals surface area contributed by atoms with Crippen molar-refractivity contribution in [2.24, 2.45) is 0 Å². The largest absolute Gasteiger partial charge is 0.309 e. The maximum atomic E-state index is 5.51. The van der Waals surface area contributed by atoms with Gasteiger partial charge in [0.2, 0.25) is 0 Å². The van der Waals surface area contributed by atoms with Crippen molar-refractivity contribution in [3.8, 4) is 33.9 Å².